The van der Waals surface area contributed by atoms with Gasteiger partial charge in [0, 0.05) is 63.6 Å². The normalized spacial score (nSPS) is 18.6. The Morgan fingerprint density at radius 1 is 0.969 bits per heavy atom. The Kier molecular flexibility index (Phi) is 8.36. The first-order valence-corrected chi connectivity index (χ1v) is 11.2. The summed E-state index contributed by atoms with van der Waals surface area (Å²) in [5.74, 6) is -0.578. The van der Waals surface area contributed by atoms with Crippen molar-refractivity contribution in [1.82, 2.24) is 20.0 Å². The summed E-state index contributed by atoms with van der Waals surface area (Å²) in [5.41, 5.74) is 0.995. The minimum absolute atomic E-state index is 0.165. The molecule has 0 spiro atoms. The van der Waals surface area contributed by atoms with Crippen LogP contribution in [0.1, 0.15) is 23.7 Å². The number of nitrogens with zero attached hydrogens (tertiary/aromatic N) is 4. The predicted octanol–water partition coefficient (Wildman–Crippen LogP) is 1.65. The van der Waals surface area contributed by atoms with Crippen molar-refractivity contribution in [3.05, 3.63) is 29.8 Å². The maximum absolute atomic E-state index is 12.7. The molecule has 2 heterocycles. The molecule has 2 amide bonds. The molecule has 2 aliphatic rings. The Balaban J connectivity index is 1.45. The minimum Gasteiger partial charge on any atom is -0.369 e. The molecule has 0 aromatic heterocycles. The number of nitrogens with one attached hydrogen (secondary N) is 1. The summed E-state index contributed by atoms with van der Waals surface area (Å²) >= 11 is 0. The lowest BCUT2D eigenvalue weighted by Crippen LogP contribution is -2.53. The average Bonchev–Trinajstić information content (AvgIpc) is 2.78. The molecule has 0 saturated carbocycles. The Labute approximate surface area is 187 Å². The van der Waals surface area contributed by atoms with Gasteiger partial charge in [0.25, 0.3) is 5.91 Å². The van der Waals surface area contributed by atoms with Crippen molar-refractivity contribution in [1.29, 1.82) is 0 Å². The lowest BCUT2D eigenvalue weighted by Gasteiger charge is -2.38. The number of rotatable bonds is 7. The van der Waals surface area contributed by atoms with Crippen LogP contribution in [0.4, 0.5) is 18.9 Å². The number of hydrogen-bond acceptors (Lipinski definition) is 5. The quantitative estimate of drug-likeness (QED) is 0.678. The first-order valence-electron chi connectivity index (χ1n) is 11.2. The molecule has 7 nitrogen and oxygen atoms in total. The summed E-state index contributed by atoms with van der Waals surface area (Å²) < 4.78 is 37.0. The van der Waals surface area contributed by atoms with Crippen LogP contribution in [-0.2, 0) is 4.79 Å². The molecule has 1 N–H and O–H groups in total. The molecule has 1 aromatic rings. The van der Waals surface area contributed by atoms with E-state index >= 15 is 0 Å². The molecule has 32 heavy (non-hydrogen) atoms. The Hall–Kier alpha value is -2.33. The summed E-state index contributed by atoms with van der Waals surface area (Å²) in [6.07, 6.45) is -3.32. The highest BCUT2D eigenvalue weighted by Gasteiger charge is 2.28. The standard InChI is InChI=1S/C22H32F3N5O2/c1-2-6-27-7-13-30(14-8-27)20(31)16-28-9-11-29(12-10-28)19-5-3-4-18(15-19)21(32)26-17-22(23,24)25/h3-5,15H,2,6-14,16-17H2,1H3,(H,26,32). The van der Waals surface area contributed by atoms with E-state index < -0.39 is 18.6 Å². The third-order valence-electron chi connectivity index (χ3n) is 5.92. The number of carbonyl (C=O) groups is 2. The molecule has 0 atom stereocenters. The Bertz CT molecular complexity index is 773. The van der Waals surface area contributed by atoms with E-state index in [0.717, 1.165) is 44.8 Å². The van der Waals surface area contributed by atoms with E-state index in [2.05, 4.69) is 21.6 Å². The van der Waals surface area contributed by atoms with Gasteiger partial charge in [0.2, 0.25) is 5.91 Å². The lowest BCUT2D eigenvalue weighted by atomic mass is 10.1. The van der Waals surface area contributed by atoms with Gasteiger partial charge in [-0.15, -0.1) is 0 Å². The summed E-state index contributed by atoms with van der Waals surface area (Å²) in [4.78, 5) is 33.2. The number of halogens is 3. The first-order chi connectivity index (χ1) is 15.2. The van der Waals surface area contributed by atoms with Crippen molar-refractivity contribution >= 4 is 17.5 Å². The van der Waals surface area contributed by atoms with Crippen LogP contribution in [-0.4, -0.2) is 105 Å². The van der Waals surface area contributed by atoms with Crippen LogP contribution in [0.5, 0.6) is 0 Å². The number of anilines is 1. The van der Waals surface area contributed by atoms with Gasteiger partial charge in [-0.3, -0.25) is 19.4 Å². The van der Waals surface area contributed by atoms with Crippen molar-refractivity contribution in [2.45, 2.75) is 19.5 Å². The van der Waals surface area contributed by atoms with Crippen LogP contribution in [0.15, 0.2) is 24.3 Å². The number of alkyl halides is 3. The maximum atomic E-state index is 12.7. The highest BCUT2D eigenvalue weighted by atomic mass is 19.4. The second-order valence-electron chi connectivity index (χ2n) is 8.33. The fourth-order valence-electron chi connectivity index (χ4n) is 4.12. The fraction of sp³-hybridized carbons (Fsp3) is 0.636. The van der Waals surface area contributed by atoms with Crippen molar-refractivity contribution in [2.75, 3.05) is 76.9 Å². The molecule has 0 radical (unpaired) electrons. The van der Waals surface area contributed by atoms with Crippen molar-refractivity contribution in [3.8, 4) is 0 Å². The van der Waals surface area contributed by atoms with Gasteiger partial charge in [-0.1, -0.05) is 13.0 Å². The third kappa shape index (κ3) is 7.09. The van der Waals surface area contributed by atoms with Gasteiger partial charge >= 0.3 is 6.18 Å². The molecule has 2 saturated heterocycles. The van der Waals surface area contributed by atoms with E-state index in [0.29, 0.717) is 32.7 Å². The summed E-state index contributed by atoms with van der Waals surface area (Å²) in [6.45, 7) is 8.52. The second kappa shape index (κ2) is 11.0. The summed E-state index contributed by atoms with van der Waals surface area (Å²) in [7, 11) is 0. The van der Waals surface area contributed by atoms with Gasteiger partial charge < -0.3 is 15.1 Å². The number of amides is 2. The zero-order chi connectivity index (χ0) is 23.1. The number of carbonyl (C=O) groups excluding carboxylic acids is 2. The highest BCUT2D eigenvalue weighted by Crippen LogP contribution is 2.19. The van der Waals surface area contributed by atoms with E-state index in [4.69, 9.17) is 0 Å². The predicted molar refractivity (Wildman–Crippen MR) is 117 cm³/mol. The Morgan fingerprint density at radius 3 is 2.25 bits per heavy atom. The van der Waals surface area contributed by atoms with Gasteiger partial charge in [0.15, 0.2) is 0 Å². The fourth-order valence-corrected chi connectivity index (χ4v) is 4.12. The number of hydrogen-bond donors (Lipinski definition) is 1. The van der Waals surface area contributed by atoms with Crippen molar-refractivity contribution in [3.63, 3.8) is 0 Å². The molecule has 178 valence electrons. The highest BCUT2D eigenvalue weighted by molar-refractivity contribution is 5.95. The van der Waals surface area contributed by atoms with Crippen LogP contribution in [0.2, 0.25) is 0 Å². The second-order valence-corrected chi connectivity index (χ2v) is 8.33. The Morgan fingerprint density at radius 2 is 1.62 bits per heavy atom. The van der Waals surface area contributed by atoms with Crippen molar-refractivity contribution in [2.24, 2.45) is 0 Å². The maximum Gasteiger partial charge on any atom is 0.405 e. The molecule has 0 bridgehead atoms. The van der Waals surface area contributed by atoms with Gasteiger partial charge in [-0.2, -0.15) is 13.2 Å². The topological polar surface area (TPSA) is 59.1 Å². The molecule has 10 heteroatoms. The average molecular weight is 456 g/mol. The van der Waals surface area contributed by atoms with E-state index in [1.165, 1.54) is 6.07 Å². The summed E-state index contributed by atoms with van der Waals surface area (Å²) in [6, 6.07) is 6.63. The molecular weight excluding hydrogens is 423 g/mol. The van der Waals surface area contributed by atoms with Crippen LogP contribution in [0, 0.1) is 0 Å². The molecule has 2 fully saturated rings. The molecule has 0 aliphatic carbocycles. The van der Waals surface area contributed by atoms with E-state index in [1.807, 2.05) is 16.3 Å². The van der Waals surface area contributed by atoms with Crippen LogP contribution in [0.25, 0.3) is 0 Å². The monoisotopic (exact) mass is 455 g/mol. The van der Waals surface area contributed by atoms with Crippen LogP contribution >= 0.6 is 0 Å². The number of benzene rings is 1. The van der Waals surface area contributed by atoms with Gasteiger partial charge in [0.1, 0.15) is 6.54 Å². The largest absolute Gasteiger partial charge is 0.405 e. The molecule has 2 aliphatic heterocycles. The van der Waals surface area contributed by atoms with E-state index in [9.17, 15) is 22.8 Å². The van der Waals surface area contributed by atoms with Gasteiger partial charge in [-0.25, -0.2) is 0 Å². The lowest BCUT2D eigenvalue weighted by molar-refractivity contribution is -0.134. The first kappa shape index (κ1) is 24.3. The van der Waals surface area contributed by atoms with Gasteiger partial charge in [-0.05, 0) is 31.2 Å². The third-order valence-corrected chi connectivity index (χ3v) is 5.92. The molecular formula is C22H32F3N5O2. The zero-order valence-electron chi connectivity index (χ0n) is 18.5. The van der Waals surface area contributed by atoms with Gasteiger partial charge in [0.05, 0.1) is 6.54 Å². The number of piperazine rings is 2. The van der Waals surface area contributed by atoms with E-state index in [-0.39, 0.29) is 11.5 Å². The molecule has 3 rings (SSSR count). The smallest absolute Gasteiger partial charge is 0.369 e. The zero-order valence-corrected chi connectivity index (χ0v) is 18.5. The van der Waals surface area contributed by atoms with E-state index in [1.54, 1.807) is 12.1 Å². The minimum atomic E-state index is -4.44. The van der Waals surface area contributed by atoms with Crippen LogP contribution < -0.4 is 10.2 Å². The molecule has 1 aromatic carbocycles. The van der Waals surface area contributed by atoms with Crippen molar-refractivity contribution < 1.29 is 22.8 Å². The SMILES string of the molecule is CCCN1CCN(C(=O)CN2CCN(c3cccc(C(=O)NCC(F)(F)F)c3)CC2)CC1. The van der Waals surface area contributed by atoms with Crippen LogP contribution in [0.3, 0.4) is 0 Å². The molecule has 0 unspecified atom stereocenters. The summed E-state index contributed by atoms with van der Waals surface area (Å²) in [5, 5.41) is 1.90.